The fraction of sp³-hybridized carbons (Fsp3) is 0. The summed E-state index contributed by atoms with van der Waals surface area (Å²) in [5, 5.41) is 16.9. The molecule has 0 atom stereocenters. The summed E-state index contributed by atoms with van der Waals surface area (Å²) < 4.78 is 1.57. The predicted octanol–water partition coefficient (Wildman–Crippen LogP) is 1.12. The van der Waals surface area contributed by atoms with Crippen LogP contribution in [0.15, 0.2) is 23.8 Å². The molecule has 0 spiro atoms. The molecule has 4 aromatic heterocycles. The van der Waals surface area contributed by atoms with E-state index in [1.54, 1.807) is 15.9 Å². The van der Waals surface area contributed by atoms with Crippen LogP contribution in [0.2, 0.25) is 0 Å². The van der Waals surface area contributed by atoms with E-state index in [2.05, 4.69) is 30.5 Å². The third-order valence-electron chi connectivity index (χ3n) is 2.45. The molecule has 0 bridgehead atoms. The van der Waals surface area contributed by atoms with Crippen molar-refractivity contribution in [2.45, 2.75) is 0 Å². The van der Waals surface area contributed by atoms with Crippen molar-refractivity contribution in [1.29, 1.82) is 0 Å². The summed E-state index contributed by atoms with van der Waals surface area (Å²) in [6.07, 6.45) is 1.45. The van der Waals surface area contributed by atoms with Crippen molar-refractivity contribution in [2.24, 2.45) is 0 Å². The predicted molar refractivity (Wildman–Crippen MR) is 61.5 cm³/mol. The van der Waals surface area contributed by atoms with Gasteiger partial charge in [-0.1, -0.05) is 6.07 Å². The van der Waals surface area contributed by atoms with E-state index in [0.29, 0.717) is 16.9 Å². The minimum Gasteiger partial charge on any atom is -0.208 e. The van der Waals surface area contributed by atoms with E-state index in [-0.39, 0.29) is 0 Å². The molecule has 4 heterocycles. The molecule has 0 amide bonds. The van der Waals surface area contributed by atoms with E-state index in [9.17, 15) is 0 Å². The van der Waals surface area contributed by atoms with Crippen molar-refractivity contribution in [3.63, 3.8) is 0 Å². The average Bonchev–Trinajstić information content (AvgIpc) is 3.09. The van der Waals surface area contributed by atoms with Gasteiger partial charge >= 0.3 is 0 Å². The summed E-state index contributed by atoms with van der Waals surface area (Å²) in [7, 11) is 0. The van der Waals surface area contributed by atoms with E-state index in [1.807, 2.05) is 17.5 Å². The lowest BCUT2D eigenvalue weighted by Crippen LogP contribution is -1.95. The third kappa shape index (κ3) is 1.12. The minimum atomic E-state index is 0.523. The number of hydrogen-bond donors (Lipinski definition) is 1. The first kappa shape index (κ1) is 8.76. The normalized spacial score (nSPS) is 11.5. The van der Waals surface area contributed by atoms with Crippen molar-refractivity contribution in [3.8, 4) is 10.6 Å². The second kappa shape index (κ2) is 3.08. The zero-order valence-electron chi connectivity index (χ0n) is 8.40. The number of fused-ring (bicyclic) bond motifs is 3. The largest absolute Gasteiger partial charge is 0.254 e. The fourth-order valence-corrected chi connectivity index (χ4v) is 2.45. The number of H-pyrrole nitrogens is 1. The first-order chi connectivity index (χ1) is 8.43. The lowest BCUT2D eigenvalue weighted by Gasteiger charge is -1.98. The summed E-state index contributed by atoms with van der Waals surface area (Å²) in [5.41, 5.74) is 2.12. The minimum absolute atomic E-state index is 0.523. The van der Waals surface area contributed by atoms with Crippen LogP contribution >= 0.6 is 11.3 Å². The molecule has 0 saturated carbocycles. The quantitative estimate of drug-likeness (QED) is 0.541. The van der Waals surface area contributed by atoms with E-state index >= 15 is 0 Å². The topological polar surface area (TPSA) is 84.6 Å². The molecule has 17 heavy (non-hydrogen) atoms. The maximum Gasteiger partial charge on any atom is 0.254 e. The van der Waals surface area contributed by atoms with Crippen molar-refractivity contribution >= 4 is 28.3 Å². The zero-order valence-corrected chi connectivity index (χ0v) is 9.22. The SMILES string of the molecule is c1csc(-c2nc3ncnn3c3n[nH]nc23)c1. The van der Waals surface area contributed by atoms with Gasteiger partial charge in [0.05, 0.1) is 4.88 Å². The molecule has 0 aliphatic heterocycles. The second-order valence-corrected chi connectivity index (χ2v) is 4.35. The lowest BCUT2D eigenvalue weighted by atomic mass is 10.3. The van der Waals surface area contributed by atoms with Gasteiger partial charge in [-0.3, -0.25) is 0 Å². The molecule has 7 nitrogen and oxygen atoms in total. The Morgan fingerprint density at radius 2 is 2.29 bits per heavy atom. The molecule has 0 aliphatic rings. The molecule has 0 fully saturated rings. The molecule has 0 aliphatic carbocycles. The Morgan fingerprint density at radius 3 is 3.18 bits per heavy atom. The Hall–Kier alpha value is -2.35. The van der Waals surface area contributed by atoms with E-state index in [1.165, 1.54) is 6.33 Å². The van der Waals surface area contributed by atoms with Crippen LogP contribution in [0.1, 0.15) is 0 Å². The first-order valence-electron chi connectivity index (χ1n) is 4.87. The zero-order chi connectivity index (χ0) is 11.2. The summed E-state index contributed by atoms with van der Waals surface area (Å²) in [6, 6.07) is 3.97. The molecule has 8 heteroatoms. The number of nitrogens with one attached hydrogen (secondary N) is 1. The van der Waals surface area contributed by atoms with Gasteiger partial charge in [-0.05, 0) is 11.4 Å². The van der Waals surface area contributed by atoms with Gasteiger partial charge in [-0.15, -0.1) is 16.4 Å². The molecule has 4 rings (SSSR count). The number of aromatic nitrogens is 7. The highest BCUT2D eigenvalue weighted by Crippen LogP contribution is 2.27. The van der Waals surface area contributed by atoms with Crippen molar-refractivity contribution in [3.05, 3.63) is 23.8 Å². The molecular weight excluding hydrogens is 238 g/mol. The van der Waals surface area contributed by atoms with Gasteiger partial charge in [0.2, 0.25) is 5.65 Å². The van der Waals surface area contributed by atoms with Crippen LogP contribution < -0.4 is 0 Å². The first-order valence-corrected chi connectivity index (χ1v) is 5.75. The maximum atomic E-state index is 4.46. The highest BCUT2D eigenvalue weighted by Gasteiger charge is 2.15. The van der Waals surface area contributed by atoms with Gasteiger partial charge in [-0.2, -0.15) is 24.9 Å². The highest BCUT2D eigenvalue weighted by molar-refractivity contribution is 7.13. The van der Waals surface area contributed by atoms with Crippen LogP contribution in [0.4, 0.5) is 0 Å². The summed E-state index contributed by atoms with van der Waals surface area (Å²) in [5.74, 6) is 0.523. The Morgan fingerprint density at radius 1 is 1.29 bits per heavy atom. The van der Waals surface area contributed by atoms with Gasteiger partial charge in [0, 0.05) is 0 Å². The summed E-state index contributed by atoms with van der Waals surface area (Å²) in [4.78, 5) is 9.57. The molecule has 0 saturated heterocycles. The van der Waals surface area contributed by atoms with Crippen molar-refractivity contribution in [2.75, 3.05) is 0 Å². The molecule has 0 aromatic carbocycles. The number of aromatic amines is 1. The van der Waals surface area contributed by atoms with Gasteiger partial charge in [-0.25, -0.2) is 4.98 Å². The smallest absolute Gasteiger partial charge is 0.208 e. The van der Waals surface area contributed by atoms with E-state index in [4.69, 9.17) is 0 Å². The van der Waals surface area contributed by atoms with Crippen LogP contribution in [-0.2, 0) is 0 Å². The molecule has 0 unspecified atom stereocenters. The Bertz CT molecular complexity index is 797. The Kier molecular flexibility index (Phi) is 1.59. The van der Waals surface area contributed by atoms with Crippen LogP contribution in [0.3, 0.4) is 0 Å². The molecule has 0 radical (unpaired) electrons. The van der Waals surface area contributed by atoms with Crippen molar-refractivity contribution in [1.82, 2.24) is 35.0 Å². The van der Waals surface area contributed by atoms with Gasteiger partial charge < -0.3 is 0 Å². The molecule has 82 valence electrons. The summed E-state index contributed by atoms with van der Waals surface area (Å²) >= 11 is 1.60. The molecule has 4 aromatic rings. The number of thiophene rings is 1. The maximum absolute atomic E-state index is 4.46. The highest BCUT2D eigenvalue weighted by atomic mass is 32.1. The number of hydrogen-bond acceptors (Lipinski definition) is 6. The monoisotopic (exact) mass is 243 g/mol. The molecular formula is C9H5N7S. The van der Waals surface area contributed by atoms with Crippen LogP contribution in [0.5, 0.6) is 0 Å². The number of rotatable bonds is 1. The van der Waals surface area contributed by atoms with E-state index < -0.39 is 0 Å². The van der Waals surface area contributed by atoms with Crippen LogP contribution in [0.25, 0.3) is 27.5 Å². The fourth-order valence-electron chi connectivity index (χ4n) is 1.73. The van der Waals surface area contributed by atoms with Crippen molar-refractivity contribution < 1.29 is 0 Å². The van der Waals surface area contributed by atoms with Gasteiger partial charge in [0.1, 0.15) is 12.0 Å². The standard InChI is InChI=1S/C9H5N7S/c1-2-5(17-3-1)6-7-8(14-15-13-7)16-9(12-6)10-4-11-16/h1-4H,(H,13,14,15). The van der Waals surface area contributed by atoms with Crippen LogP contribution in [-0.4, -0.2) is 35.0 Å². The lowest BCUT2D eigenvalue weighted by molar-refractivity contribution is 0.921. The van der Waals surface area contributed by atoms with Gasteiger partial charge in [0.25, 0.3) is 5.78 Å². The third-order valence-corrected chi connectivity index (χ3v) is 3.33. The Labute approximate surface area is 98.1 Å². The van der Waals surface area contributed by atoms with E-state index in [0.717, 1.165) is 10.6 Å². The average molecular weight is 243 g/mol. The van der Waals surface area contributed by atoms with Gasteiger partial charge in [0.15, 0.2) is 5.52 Å². The van der Waals surface area contributed by atoms with Crippen LogP contribution in [0, 0.1) is 0 Å². The summed E-state index contributed by atoms with van der Waals surface area (Å²) in [6.45, 7) is 0. The second-order valence-electron chi connectivity index (χ2n) is 3.41. The molecule has 1 N–H and O–H groups in total. The number of nitrogens with zero attached hydrogens (tertiary/aromatic N) is 6. The Balaban J connectivity index is 2.22.